The van der Waals surface area contributed by atoms with E-state index in [1.54, 1.807) is 0 Å². The molecule has 1 radical (unpaired) electrons. The molecule has 1 rings (SSSR count). The van der Waals surface area contributed by atoms with Crippen molar-refractivity contribution < 1.29 is 9.53 Å². The molecule has 2 nitrogen and oxygen atoms in total. The van der Waals surface area contributed by atoms with Gasteiger partial charge in [-0.15, -0.1) is 0 Å². The summed E-state index contributed by atoms with van der Waals surface area (Å²) in [6.07, 6.45) is 3.66. The zero-order valence-electron chi connectivity index (χ0n) is 6.52. The van der Waals surface area contributed by atoms with E-state index < -0.39 is 5.60 Å². The van der Waals surface area contributed by atoms with Gasteiger partial charge in [0.2, 0.25) is 6.29 Å². The van der Waals surface area contributed by atoms with Crippen molar-refractivity contribution in [2.45, 2.75) is 32.3 Å². The molecular formula is C8H13O2. The van der Waals surface area contributed by atoms with Crippen LogP contribution >= 0.6 is 0 Å². The molecule has 0 N–H and O–H groups in total. The standard InChI is InChI=1S/C8H13O2/c1-7(2)5-10-8(6-9)3-4-8/h7H,3-5H2,1-2H3. The average Bonchev–Trinajstić information content (AvgIpc) is 2.64. The highest BCUT2D eigenvalue weighted by Gasteiger charge is 2.45. The second-order valence-corrected chi connectivity index (χ2v) is 3.30. The van der Waals surface area contributed by atoms with E-state index in [0.717, 1.165) is 12.8 Å². The highest BCUT2D eigenvalue weighted by Crippen LogP contribution is 2.37. The maximum absolute atomic E-state index is 10.3. The third-order valence-electron chi connectivity index (χ3n) is 1.58. The number of rotatable bonds is 4. The van der Waals surface area contributed by atoms with Gasteiger partial charge in [0, 0.05) is 0 Å². The number of carbonyl (C=O) groups excluding carboxylic acids is 1. The van der Waals surface area contributed by atoms with Crippen LogP contribution in [0.3, 0.4) is 0 Å². The summed E-state index contributed by atoms with van der Waals surface area (Å²) in [4.78, 5) is 10.3. The minimum atomic E-state index is -0.482. The molecule has 0 saturated heterocycles. The van der Waals surface area contributed by atoms with E-state index in [1.807, 2.05) is 6.29 Å². The second-order valence-electron chi connectivity index (χ2n) is 3.30. The summed E-state index contributed by atoms with van der Waals surface area (Å²) in [7, 11) is 0. The molecule has 0 spiro atoms. The first kappa shape index (κ1) is 7.73. The molecular weight excluding hydrogens is 128 g/mol. The van der Waals surface area contributed by atoms with Gasteiger partial charge in [-0.3, -0.25) is 4.79 Å². The van der Waals surface area contributed by atoms with E-state index in [2.05, 4.69) is 13.8 Å². The maximum atomic E-state index is 10.3. The van der Waals surface area contributed by atoms with Crippen LogP contribution in [0.5, 0.6) is 0 Å². The normalized spacial score (nSPS) is 21.1. The lowest BCUT2D eigenvalue weighted by Gasteiger charge is -2.09. The molecule has 0 amide bonds. The van der Waals surface area contributed by atoms with Gasteiger partial charge in [-0.2, -0.15) is 0 Å². The quantitative estimate of drug-likeness (QED) is 0.590. The molecule has 0 bridgehead atoms. The number of hydrogen-bond acceptors (Lipinski definition) is 2. The summed E-state index contributed by atoms with van der Waals surface area (Å²) in [5.74, 6) is 0.505. The minimum absolute atomic E-state index is 0.482. The Morgan fingerprint density at radius 3 is 2.50 bits per heavy atom. The lowest BCUT2D eigenvalue weighted by atomic mass is 10.2. The van der Waals surface area contributed by atoms with Crippen molar-refractivity contribution in [3.63, 3.8) is 0 Å². The second kappa shape index (κ2) is 2.70. The fourth-order valence-electron chi connectivity index (χ4n) is 0.716. The zero-order valence-corrected chi connectivity index (χ0v) is 6.52. The van der Waals surface area contributed by atoms with Crippen LogP contribution in [-0.4, -0.2) is 18.5 Å². The van der Waals surface area contributed by atoms with Gasteiger partial charge in [0.05, 0.1) is 6.61 Å². The Labute approximate surface area is 61.6 Å². The Morgan fingerprint density at radius 2 is 2.20 bits per heavy atom. The number of hydrogen-bond donors (Lipinski definition) is 0. The third kappa shape index (κ3) is 1.81. The van der Waals surface area contributed by atoms with Crippen molar-refractivity contribution in [1.82, 2.24) is 0 Å². The van der Waals surface area contributed by atoms with Crippen molar-refractivity contribution in [3.05, 3.63) is 0 Å². The van der Waals surface area contributed by atoms with Crippen molar-refractivity contribution in [2.24, 2.45) is 5.92 Å². The van der Waals surface area contributed by atoms with Crippen LogP contribution in [-0.2, 0) is 9.53 Å². The van der Waals surface area contributed by atoms with Crippen molar-refractivity contribution in [1.29, 1.82) is 0 Å². The first-order valence-corrected chi connectivity index (χ1v) is 3.72. The Balaban J connectivity index is 2.19. The van der Waals surface area contributed by atoms with Gasteiger partial charge in [0.15, 0.2) is 0 Å². The molecule has 1 aliphatic carbocycles. The summed E-state index contributed by atoms with van der Waals surface area (Å²) in [6.45, 7) is 4.82. The average molecular weight is 141 g/mol. The van der Waals surface area contributed by atoms with E-state index in [0.29, 0.717) is 12.5 Å². The van der Waals surface area contributed by atoms with Crippen molar-refractivity contribution in [3.8, 4) is 0 Å². The Hall–Kier alpha value is -0.370. The highest BCUT2D eigenvalue weighted by molar-refractivity contribution is 5.67. The smallest absolute Gasteiger partial charge is 0.233 e. The molecule has 0 atom stereocenters. The monoisotopic (exact) mass is 141 g/mol. The molecule has 0 unspecified atom stereocenters. The molecule has 10 heavy (non-hydrogen) atoms. The van der Waals surface area contributed by atoms with E-state index in [4.69, 9.17) is 4.74 Å². The van der Waals surface area contributed by atoms with Gasteiger partial charge in [-0.1, -0.05) is 13.8 Å². The highest BCUT2D eigenvalue weighted by atomic mass is 16.5. The van der Waals surface area contributed by atoms with Crippen LogP contribution in [0.2, 0.25) is 0 Å². The van der Waals surface area contributed by atoms with Crippen LogP contribution in [0.1, 0.15) is 26.7 Å². The largest absolute Gasteiger partial charge is 0.366 e. The lowest BCUT2D eigenvalue weighted by Crippen LogP contribution is -2.18. The molecule has 0 aromatic rings. The Bertz CT molecular complexity index is 125. The number of ether oxygens (including phenoxy) is 1. The van der Waals surface area contributed by atoms with Crippen LogP contribution in [0.15, 0.2) is 0 Å². The Kier molecular flexibility index (Phi) is 2.09. The van der Waals surface area contributed by atoms with E-state index in [-0.39, 0.29) is 0 Å². The predicted octanol–water partition coefficient (Wildman–Crippen LogP) is 1.30. The van der Waals surface area contributed by atoms with Gasteiger partial charge < -0.3 is 4.74 Å². The molecule has 1 saturated carbocycles. The molecule has 2 heteroatoms. The van der Waals surface area contributed by atoms with E-state index >= 15 is 0 Å². The van der Waals surface area contributed by atoms with E-state index in [9.17, 15) is 4.79 Å². The van der Waals surface area contributed by atoms with Crippen molar-refractivity contribution >= 4 is 6.29 Å². The topological polar surface area (TPSA) is 26.3 Å². The summed E-state index contributed by atoms with van der Waals surface area (Å²) in [5.41, 5.74) is -0.482. The van der Waals surface area contributed by atoms with Crippen molar-refractivity contribution in [2.75, 3.05) is 6.61 Å². The van der Waals surface area contributed by atoms with Crippen LogP contribution in [0, 0.1) is 5.92 Å². The molecule has 1 fully saturated rings. The van der Waals surface area contributed by atoms with Crippen LogP contribution in [0.4, 0.5) is 0 Å². The summed E-state index contributed by atoms with van der Waals surface area (Å²) in [6, 6.07) is 0. The summed E-state index contributed by atoms with van der Waals surface area (Å²) in [5, 5.41) is 0. The minimum Gasteiger partial charge on any atom is -0.366 e. The van der Waals surface area contributed by atoms with Gasteiger partial charge in [-0.25, -0.2) is 0 Å². The molecule has 57 valence electrons. The van der Waals surface area contributed by atoms with Crippen LogP contribution < -0.4 is 0 Å². The van der Waals surface area contributed by atoms with Gasteiger partial charge in [0.1, 0.15) is 5.60 Å². The first-order valence-electron chi connectivity index (χ1n) is 3.72. The molecule has 1 aliphatic rings. The van der Waals surface area contributed by atoms with Gasteiger partial charge in [0.25, 0.3) is 0 Å². The molecule has 0 aromatic heterocycles. The molecule has 0 aromatic carbocycles. The summed E-state index contributed by atoms with van der Waals surface area (Å²) < 4.78 is 5.33. The third-order valence-corrected chi connectivity index (χ3v) is 1.58. The zero-order chi connectivity index (χ0) is 7.61. The fraction of sp³-hybridized carbons (Fsp3) is 0.875. The van der Waals surface area contributed by atoms with Gasteiger partial charge in [-0.05, 0) is 18.8 Å². The predicted molar refractivity (Wildman–Crippen MR) is 38.4 cm³/mol. The molecule has 0 aliphatic heterocycles. The summed E-state index contributed by atoms with van der Waals surface area (Å²) >= 11 is 0. The van der Waals surface area contributed by atoms with Gasteiger partial charge >= 0.3 is 0 Å². The first-order chi connectivity index (χ1) is 4.68. The molecule has 0 heterocycles. The fourth-order valence-corrected chi connectivity index (χ4v) is 0.716. The van der Waals surface area contributed by atoms with E-state index in [1.165, 1.54) is 0 Å². The Morgan fingerprint density at radius 1 is 1.60 bits per heavy atom. The lowest BCUT2D eigenvalue weighted by molar-refractivity contribution is 0.0587. The SMILES string of the molecule is CC(C)COC1([C]=O)CC1. The maximum Gasteiger partial charge on any atom is 0.233 e. The van der Waals surface area contributed by atoms with Crippen LogP contribution in [0.25, 0.3) is 0 Å².